The van der Waals surface area contributed by atoms with Crippen molar-refractivity contribution in [1.29, 1.82) is 5.26 Å². The normalized spacial score (nSPS) is 11.6. The molecule has 1 unspecified atom stereocenters. The molecule has 0 spiro atoms. The molecule has 0 aliphatic rings. The fraction of sp³-hybridized carbons (Fsp3) is 0.0909. The van der Waals surface area contributed by atoms with Gasteiger partial charge in [-0.2, -0.15) is 5.26 Å². The molecule has 1 atom stereocenters. The first-order valence-corrected chi connectivity index (χ1v) is 9.81. The van der Waals surface area contributed by atoms with E-state index in [1.807, 2.05) is 24.3 Å². The Labute approximate surface area is 176 Å². The largest absolute Gasteiger partial charge is 0.333 e. The molecule has 8 heteroatoms. The molecule has 0 saturated carbocycles. The Bertz CT molecular complexity index is 1120. The van der Waals surface area contributed by atoms with Gasteiger partial charge in [-0.25, -0.2) is 9.37 Å². The number of aromatic nitrogens is 1. The molecule has 150 valence electrons. The number of nitrogens with one attached hydrogen (secondary N) is 1. The second-order valence-corrected chi connectivity index (χ2v) is 7.01. The summed E-state index contributed by atoms with van der Waals surface area (Å²) in [7, 11) is 0. The number of para-hydroxylation sites is 1. The maximum absolute atomic E-state index is 13.9. The molecule has 3 rings (SSSR count). The summed E-state index contributed by atoms with van der Waals surface area (Å²) in [4.78, 5) is 30.1. The first kappa shape index (κ1) is 20.9. The van der Waals surface area contributed by atoms with Crippen molar-refractivity contribution in [2.24, 2.45) is 0 Å². The maximum Gasteiger partial charge on any atom is 0.245 e. The smallest absolute Gasteiger partial charge is 0.245 e. The third-order valence-electron chi connectivity index (χ3n) is 4.07. The van der Waals surface area contributed by atoms with Gasteiger partial charge in [0.05, 0.1) is 17.5 Å². The van der Waals surface area contributed by atoms with Crippen LogP contribution in [-0.4, -0.2) is 16.8 Å². The van der Waals surface area contributed by atoms with Crippen molar-refractivity contribution >= 4 is 40.0 Å². The van der Waals surface area contributed by atoms with Crippen LogP contribution in [0.1, 0.15) is 24.2 Å². The summed E-state index contributed by atoms with van der Waals surface area (Å²) in [5.74, 6) is -1.32. The summed E-state index contributed by atoms with van der Waals surface area (Å²) in [5, 5.41) is 13.9. The minimum atomic E-state index is -1.11. The molecular formula is C22H17FN4O2S. The summed E-state index contributed by atoms with van der Waals surface area (Å²) in [6.07, 6.45) is 2.68. The number of thiazole rings is 1. The van der Waals surface area contributed by atoms with Gasteiger partial charge in [0.2, 0.25) is 11.8 Å². The Morgan fingerprint density at radius 1 is 1.20 bits per heavy atom. The zero-order valence-electron chi connectivity index (χ0n) is 15.9. The summed E-state index contributed by atoms with van der Waals surface area (Å²) < 4.78 is 13.9. The molecule has 0 saturated heterocycles. The topological polar surface area (TPSA) is 86.1 Å². The van der Waals surface area contributed by atoms with E-state index in [-0.39, 0.29) is 11.5 Å². The van der Waals surface area contributed by atoms with Gasteiger partial charge in [0.1, 0.15) is 11.9 Å². The van der Waals surface area contributed by atoms with Gasteiger partial charge < -0.3 is 5.32 Å². The maximum atomic E-state index is 13.9. The zero-order valence-corrected chi connectivity index (χ0v) is 16.8. The molecular weight excluding hydrogens is 403 g/mol. The van der Waals surface area contributed by atoms with E-state index >= 15 is 0 Å². The molecule has 0 bridgehead atoms. The van der Waals surface area contributed by atoms with E-state index in [9.17, 15) is 19.2 Å². The number of anilines is 2. The second-order valence-electron chi connectivity index (χ2n) is 6.17. The van der Waals surface area contributed by atoms with Gasteiger partial charge in [0.15, 0.2) is 5.13 Å². The Hall–Kier alpha value is -3.83. The van der Waals surface area contributed by atoms with Gasteiger partial charge in [0.25, 0.3) is 0 Å². The average Bonchev–Trinajstić information content (AvgIpc) is 3.20. The number of halogens is 1. The van der Waals surface area contributed by atoms with Crippen LogP contribution in [0.5, 0.6) is 0 Å². The Morgan fingerprint density at radius 2 is 1.90 bits per heavy atom. The van der Waals surface area contributed by atoms with E-state index in [2.05, 4.69) is 10.3 Å². The number of carbonyl (C=O) groups is 2. The fourth-order valence-electron chi connectivity index (χ4n) is 2.70. The second kappa shape index (κ2) is 9.58. The minimum Gasteiger partial charge on any atom is -0.333 e. The summed E-state index contributed by atoms with van der Waals surface area (Å²) >= 11 is 1.26. The van der Waals surface area contributed by atoms with Crippen molar-refractivity contribution in [3.8, 4) is 6.07 Å². The molecule has 1 heterocycles. The highest BCUT2D eigenvalue weighted by Crippen LogP contribution is 2.29. The highest BCUT2D eigenvalue weighted by molar-refractivity contribution is 7.14. The monoisotopic (exact) mass is 420 g/mol. The highest BCUT2D eigenvalue weighted by atomic mass is 32.1. The lowest BCUT2D eigenvalue weighted by atomic mass is 10.1. The molecule has 1 N–H and O–H groups in total. The van der Waals surface area contributed by atoms with E-state index in [1.54, 1.807) is 23.6 Å². The van der Waals surface area contributed by atoms with Gasteiger partial charge in [-0.15, -0.1) is 11.3 Å². The predicted molar refractivity (Wildman–Crippen MR) is 113 cm³/mol. The molecule has 0 aliphatic heterocycles. The van der Waals surface area contributed by atoms with Crippen molar-refractivity contribution in [3.63, 3.8) is 0 Å². The third-order valence-corrected chi connectivity index (χ3v) is 4.91. The van der Waals surface area contributed by atoms with Gasteiger partial charge in [-0.05, 0) is 24.3 Å². The van der Waals surface area contributed by atoms with Crippen LogP contribution in [0.4, 0.5) is 15.2 Å². The van der Waals surface area contributed by atoms with E-state index < -0.39 is 17.8 Å². The van der Waals surface area contributed by atoms with Crippen molar-refractivity contribution in [2.45, 2.75) is 13.0 Å². The van der Waals surface area contributed by atoms with Crippen LogP contribution in [-0.2, 0) is 9.59 Å². The van der Waals surface area contributed by atoms with Gasteiger partial charge >= 0.3 is 0 Å². The standard InChI is InChI=1S/C22H17FN4O2S/c1-15(28)27(17-7-3-2-4-8-17)22-25-16(14-30-22)11-12-21(29)26-20(13-24)18-9-5-6-10-19(18)23/h2-12,14,20H,1H3,(H,26,29)/b12-11+. The third kappa shape index (κ3) is 4.96. The van der Waals surface area contributed by atoms with Gasteiger partial charge in [-0.1, -0.05) is 36.4 Å². The number of hydrogen-bond donors (Lipinski definition) is 1. The van der Waals surface area contributed by atoms with Crippen molar-refractivity contribution in [1.82, 2.24) is 10.3 Å². The van der Waals surface area contributed by atoms with E-state index in [0.29, 0.717) is 16.5 Å². The number of amides is 2. The molecule has 1 aromatic heterocycles. The lowest BCUT2D eigenvalue weighted by Gasteiger charge is -2.17. The lowest BCUT2D eigenvalue weighted by Crippen LogP contribution is -2.26. The molecule has 0 fully saturated rings. The summed E-state index contributed by atoms with van der Waals surface area (Å²) in [6, 6.07) is 15.6. The molecule has 0 aliphatic carbocycles. The fourth-order valence-corrected chi connectivity index (χ4v) is 3.55. The Kier molecular flexibility index (Phi) is 6.67. The van der Waals surface area contributed by atoms with Crippen molar-refractivity contribution in [3.05, 3.63) is 83.1 Å². The first-order chi connectivity index (χ1) is 14.5. The SMILES string of the molecule is CC(=O)N(c1ccccc1)c1nc(/C=C/C(=O)NC(C#N)c2ccccc2F)cs1. The van der Waals surface area contributed by atoms with Crippen LogP contribution in [0.15, 0.2) is 66.1 Å². The quantitative estimate of drug-likeness (QED) is 0.601. The number of nitrogens with zero attached hydrogens (tertiary/aromatic N) is 3. The Morgan fingerprint density at radius 3 is 2.57 bits per heavy atom. The zero-order chi connectivity index (χ0) is 21.5. The number of benzene rings is 2. The lowest BCUT2D eigenvalue weighted by molar-refractivity contribution is -0.117. The molecule has 3 aromatic rings. The number of nitriles is 1. The van der Waals surface area contributed by atoms with Gasteiger partial charge in [-0.3, -0.25) is 14.5 Å². The molecule has 2 amide bonds. The van der Waals surface area contributed by atoms with Crippen molar-refractivity contribution < 1.29 is 14.0 Å². The highest BCUT2D eigenvalue weighted by Gasteiger charge is 2.18. The van der Waals surface area contributed by atoms with Crippen LogP contribution in [0.2, 0.25) is 0 Å². The van der Waals surface area contributed by atoms with Crippen molar-refractivity contribution in [2.75, 3.05) is 4.90 Å². The molecule has 2 aromatic carbocycles. The van der Waals surface area contributed by atoms with E-state index in [1.165, 1.54) is 53.5 Å². The number of hydrogen-bond acceptors (Lipinski definition) is 5. The average molecular weight is 420 g/mol. The van der Waals surface area contributed by atoms with E-state index in [4.69, 9.17) is 0 Å². The summed E-state index contributed by atoms with van der Waals surface area (Å²) in [5.41, 5.74) is 1.26. The summed E-state index contributed by atoms with van der Waals surface area (Å²) in [6.45, 7) is 1.45. The van der Waals surface area contributed by atoms with Gasteiger partial charge in [0, 0.05) is 23.9 Å². The molecule has 6 nitrogen and oxygen atoms in total. The van der Waals surface area contributed by atoms with Crippen LogP contribution in [0.25, 0.3) is 6.08 Å². The Balaban J connectivity index is 1.72. The molecule has 0 radical (unpaired) electrons. The van der Waals surface area contributed by atoms with E-state index in [0.717, 1.165) is 0 Å². The number of rotatable bonds is 6. The van der Waals surface area contributed by atoms with Crippen LogP contribution in [0, 0.1) is 17.1 Å². The first-order valence-electron chi connectivity index (χ1n) is 8.93. The molecule has 30 heavy (non-hydrogen) atoms. The predicted octanol–water partition coefficient (Wildman–Crippen LogP) is 4.36. The number of carbonyl (C=O) groups excluding carboxylic acids is 2. The van der Waals surface area contributed by atoms with Crippen LogP contribution < -0.4 is 10.2 Å². The van der Waals surface area contributed by atoms with Crippen LogP contribution >= 0.6 is 11.3 Å². The minimum absolute atomic E-state index is 0.0951. The van der Waals surface area contributed by atoms with Crippen LogP contribution in [0.3, 0.4) is 0 Å².